The van der Waals surface area contributed by atoms with Crippen LogP contribution in [0.15, 0.2) is 91.0 Å². The van der Waals surface area contributed by atoms with Gasteiger partial charge in [-0.15, -0.1) is 0 Å². The second-order valence-corrected chi connectivity index (χ2v) is 8.43. The molecule has 0 saturated heterocycles. The zero-order valence-electron chi connectivity index (χ0n) is 20.2. The molecule has 5 aromatic rings. The fraction of sp³-hybridized carbons (Fsp3) is 0.0690. The Kier molecular flexibility index (Phi) is 6.65. The van der Waals surface area contributed by atoms with Gasteiger partial charge in [0.1, 0.15) is 5.75 Å². The monoisotopic (exact) mass is 507 g/mol. The van der Waals surface area contributed by atoms with Crippen LogP contribution in [0.2, 0.25) is 0 Å². The van der Waals surface area contributed by atoms with Gasteiger partial charge in [-0.25, -0.2) is 9.78 Å². The highest BCUT2D eigenvalue weighted by atomic mass is 16.6. The molecule has 0 spiro atoms. The normalized spacial score (nSPS) is 10.8. The Hall–Kier alpha value is -5.31. The zero-order valence-corrected chi connectivity index (χ0v) is 20.2. The first kappa shape index (κ1) is 24.4. The summed E-state index contributed by atoms with van der Waals surface area (Å²) in [6.07, 6.45) is 0. The molecule has 1 N–H and O–H groups in total. The van der Waals surface area contributed by atoms with Gasteiger partial charge in [-0.05, 0) is 47.2 Å². The average molecular weight is 508 g/mol. The molecule has 38 heavy (non-hydrogen) atoms. The Bertz CT molecular complexity index is 1720. The van der Waals surface area contributed by atoms with Crippen molar-refractivity contribution in [3.8, 4) is 17.0 Å². The molecule has 0 unspecified atom stereocenters. The smallest absolute Gasteiger partial charge is 0.339 e. The van der Waals surface area contributed by atoms with Crippen molar-refractivity contribution in [3.63, 3.8) is 0 Å². The van der Waals surface area contributed by atoms with Gasteiger partial charge in [-0.3, -0.25) is 14.9 Å². The second kappa shape index (κ2) is 10.4. The van der Waals surface area contributed by atoms with Gasteiger partial charge in [-0.2, -0.15) is 0 Å². The number of nitro benzene ring substituents is 1. The van der Waals surface area contributed by atoms with Crippen molar-refractivity contribution in [1.82, 2.24) is 4.98 Å². The number of esters is 1. The number of nitrogens with zero attached hydrogens (tertiary/aromatic N) is 2. The van der Waals surface area contributed by atoms with Gasteiger partial charge in [0.15, 0.2) is 6.61 Å². The number of carbonyl (C=O) groups excluding carboxylic acids is 2. The number of pyridine rings is 1. The summed E-state index contributed by atoms with van der Waals surface area (Å²) >= 11 is 0. The van der Waals surface area contributed by atoms with Gasteiger partial charge >= 0.3 is 5.97 Å². The highest BCUT2D eigenvalue weighted by Gasteiger charge is 2.17. The van der Waals surface area contributed by atoms with E-state index in [9.17, 15) is 19.7 Å². The number of hydrogen-bond acceptors (Lipinski definition) is 7. The minimum Gasteiger partial charge on any atom is -0.497 e. The number of ether oxygens (including phenoxy) is 2. The van der Waals surface area contributed by atoms with Crippen LogP contribution < -0.4 is 10.1 Å². The quantitative estimate of drug-likeness (QED) is 0.169. The van der Waals surface area contributed by atoms with Crippen LogP contribution >= 0.6 is 0 Å². The van der Waals surface area contributed by atoms with E-state index in [1.165, 1.54) is 24.3 Å². The molecule has 1 heterocycles. The van der Waals surface area contributed by atoms with Crippen LogP contribution in [-0.4, -0.2) is 35.5 Å². The van der Waals surface area contributed by atoms with Gasteiger partial charge in [0.25, 0.3) is 11.6 Å². The van der Waals surface area contributed by atoms with Gasteiger partial charge < -0.3 is 14.8 Å². The molecule has 0 saturated carbocycles. The molecule has 0 fully saturated rings. The topological polar surface area (TPSA) is 121 Å². The van der Waals surface area contributed by atoms with Crippen molar-refractivity contribution in [2.75, 3.05) is 19.0 Å². The van der Waals surface area contributed by atoms with Crippen LogP contribution in [0.1, 0.15) is 10.4 Å². The fourth-order valence-corrected chi connectivity index (χ4v) is 4.11. The summed E-state index contributed by atoms with van der Waals surface area (Å²) < 4.78 is 10.6. The molecule has 1 aromatic heterocycles. The molecular formula is C29H21N3O6. The van der Waals surface area contributed by atoms with E-state index in [4.69, 9.17) is 14.5 Å². The van der Waals surface area contributed by atoms with E-state index in [1.54, 1.807) is 31.4 Å². The van der Waals surface area contributed by atoms with Crippen LogP contribution in [0.5, 0.6) is 5.75 Å². The molecule has 0 radical (unpaired) electrons. The summed E-state index contributed by atoms with van der Waals surface area (Å²) in [5.74, 6) is -0.555. The maximum absolute atomic E-state index is 13.1. The molecule has 1 amide bonds. The van der Waals surface area contributed by atoms with E-state index in [0.29, 0.717) is 16.6 Å². The third-order valence-corrected chi connectivity index (χ3v) is 5.95. The van der Waals surface area contributed by atoms with E-state index in [-0.39, 0.29) is 16.9 Å². The lowest BCUT2D eigenvalue weighted by Crippen LogP contribution is -2.21. The van der Waals surface area contributed by atoms with Crippen molar-refractivity contribution < 1.29 is 24.0 Å². The number of carbonyl (C=O) groups is 2. The molecule has 0 aliphatic rings. The largest absolute Gasteiger partial charge is 0.497 e. The van der Waals surface area contributed by atoms with Crippen LogP contribution in [0.4, 0.5) is 11.4 Å². The van der Waals surface area contributed by atoms with Crippen LogP contribution in [0.3, 0.4) is 0 Å². The van der Waals surface area contributed by atoms with Crippen molar-refractivity contribution in [2.24, 2.45) is 0 Å². The zero-order chi connectivity index (χ0) is 26.6. The molecule has 5 rings (SSSR count). The Labute approximate surface area is 216 Å². The predicted molar refractivity (Wildman–Crippen MR) is 143 cm³/mol. The minimum absolute atomic E-state index is 0.164. The van der Waals surface area contributed by atoms with E-state index in [0.717, 1.165) is 22.1 Å². The van der Waals surface area contributed by atoms with Gasteiger partial charge in [-0.1, -0.05) is 42.5 Å². The van der Waals surface area contributed by atoms with Gasteiger partial charge in [0.2, 0.25) is 0 Å². The van der Waals surface area contributed by atoms with E-state index < -0.39 is 23.4 Å². The Morgan fingerprint density at radius 1 is 0.921 bits per heavy atom. The Morgan fingerprint density at radius 2 is 1.71 bits per heavy atom. The Morgan fingerprint density at radius 3 is 2.53 bits per heavy atom. The van der Waals surface area contributed by atoms with Crippen LogP contribution in [0, 0.1) is 10.1 Å². The maximum Gasteiger partial charge on any atom is 0.339 e. The number of aromatic nitrogens is 1. The first-order valence-corrected chi connectivity index (χ1v) is 11.6. The molecular weight excluding hydrogens is 486 g/mol. The third kappa shape index (κ3) is 5.12. The van der Waals surface area contributed by atoms with Crippen LogP contribution in [0.25, 0.3) is 32.9 Å². The number of anilines is 1. The lowest BCUT2D eigenvalue weighted by Gasteiger charge is -2.11. The summed E-state index contributed by atoms with van der Waals surface area (Å²) in [6.45, 7) is -0.564. The van der Waals surface area contributed by atoms with Crippen molar-refractivity contribution in [3.05, 3.63) is 107 Å². The molecule has 0 aliphatic heterocycles. The van der Waals surface area contributed by atoms with Crippen molar-refractivity contribution in [2.45, 2.75) is 0 Å². The number of fused-ring (bicyclic) bond motifs is 2. The molecule has 0 atom stereocenters. The average Bonchev–Trinajstić information content (AvgIpc) is 2.94. The van der Waals surface area contributed by atoms with E-state index in [1.807, 2.05) is 42.5 Å². The number of methoxy groups -OCH3 is 1. The van der Waals surface area contributed by atoms with E-state index >= 15 is 0 Å². The number of rotatable bonds is 7. The Balaban J connectivity index is 1.40. The minimum atomic E-state index is -0.690. The summed E-state index contributed by atoms with van der Waals surface area (Å²) in [6, 6.07) is 26.0. The summed E-state index contributed by atoms with van der Waals surface area (Å²) in [7, 11) is 1.62. The lowest BCUT2D eigenvalue weighted by atomic mass is 10.0. The standard InChI is InChI=1S/C29H21N3O6/c1-37-23-12-11-18-13-20(10-9-19(18)14-23)27-16-25(24-7-2-3-8-26(24)31-27)29(34)38-17-28(33)30-21-5-4-6-22(15-21)32(35)36/h2-16H,17H2,1H3,(H,30,33). The van der Waals surface area contributed by atoms with Crippen LogP contribution in [-0.2, 0) is 9.53 Å². The number of nitrogens with one attached hydrogen (secondary N) is 1. The van der Waals surface area contributed by atoms with Crippen molar-refractivity contribution in [1.29, 1.82) is 0 Å². The highest BCUT2D eigenvalue weighted by Crippen LogP contribution is 2.29. The van der Waals surface area contributed by atoms with Crippen molar-refractivity contribution >= 4 is 44.9 Å². The number of nitro groups is 1. The first-order valence-electron chi connectivity index (χ1n) is 11.6. The molecule has 0 aliphatic carbocycles. The molecule has 9 heteroatoms. The number of non-ortho nitro benzene ring substituents is 1. The number of hydrogen-bond donors (Lipinski definition) is 1. The first-order chi connectivity index (χ1) is 18.4. The number of amides is 1. The number of para-hydroxylation sites is 1. The van der Waals surface area contributed by atoms with E-state index in [2.05, 4.69) is 5.32 Å². The lowest BCUT2D eigenvalue weighted by molar-refractivity contribution is -0.384. The van der Waals surface area contributed by atoms with Gasteiger partial charge in [0, 0.05) is 28.8 Å². The number of benzene rings is 4. The molecule has 0 bridgehead atoms. The molecule has 188 valence electrons. The second-order valence-electron chi connectivity index (χ2n) is 8.43. The molecule has 9 nitrogen and oxygen atoms in total. The predicted octanol–water partition coefficient (Wildman–Crippen LogP) is 5.77. The molecule has 4 aromatic carbocycles. The fourth-order valence-electron chi connectivity index (χ4n) is 4.11. The maximum atomic E-state index is 13.1. The summed E-state index contributed by atoms with van der Waals surface area (Å²) in [5, 5.41) is 16.0. The SMILES string of the molecule is COc1ccc2cc(-c3cc(C(=O)OCC(=O)Nc4cccc([N+](=O)[O-])c4)c4ccccc4n3)ccc2c1. The summed E-state index contributed by atoms with van der Waals surface area (Å²) in [5.41, 5.74) is 2.32. The highest BCUT2D eigenvalue weighted by molar-refractivity contribution is 6.05. The summed E-state index contributed by atoms with van der Waals surface area (Å²) in [4.78, 5) is 40.6. The van der Waals surface area contributed by atoms with Gasteiger partial charge in [0.05, 0.1) is 28.8 Å². The third-order valence-electron chi connectivity index (χ3n) is 5.95.